The van der Waals surface area contributed by atoms with E-state index >= 15 is 0 Å². The molecule has 0 aromatic heterocycles. The summed E-state index contributed by atoms with van der Waals surface area (Å²) in [5.41, 5.74) is 1.04. The van der Waals surface area contributed by atoms with Gasteiger partial charge in [0.2, 0.25) is 0 Å². The van der Waals surface area contributed by atoms with E-state index in [-0.39, 0.29) is 12.5 Å². The van der Waals surface area contributed by atoms with Gasteiger partial charge in [0.1, 0.15) is 5.75 Å². The van der Waals surface area contributed by atoms with Gasteiger partial charge in [-0.1, -0.05) is 19.1 Å². The monoisotopic (exact) mass is 258 g/mol. The first-order chi connectivity index (χ1) is 7.93. The van der Waals surface area contributed by atoms with Crippen molar-refractivity contribution in [3.8, 4) is 5.75 Å². The Morgan fingerprint density at radius 1 is 1.47 bits per heavy atom. The molecule has 1 N–H and O–H groups in total. The molecule has 17 heavy (non-hydrogen) atoms. The first kappa shape index (κ1) is 14.2. The van der Waals surface area contributed by atoms with Crippen molar-refractivity contribution >= 4 is 7.60 Å². The van der Waals surface area contributed by atoms with Gasteiger partial charge in [0.15, 0.2) is 6.35 Å². The molecule has 0 amide bonds. The van der Waals surface area contributed by atoms with Crippen LogP contribution < -0.4 is 4.74 Å². The minimum Gasteiger partial charge on any atom is -0.481 e. The van der Waals surface area contributed by atoms with Crippen LogP contribution in [0.25, 0.3) is 0 Å². The molecule has 4 nitrogen and oxygen atoms in total. The summed E-state index contributed by atoms with van der Waals surface area (Å²) in [5, 5.41) is 0. The van der Waals surface area contributed by atoms with Crippen molar-refractivity contribution in [3.05, 3.63) is 29.8 Å². The highest BCUT2D eigenvalue weighted by atomic mass is 31.2. The molecule has 0 heterocycles. The maximum absolute atomic E-state index is 11.6. The quantitative estimate of drug-likeness (QED) is 0.795. The summed E-state index contributed by atoms with van der Waals surface area (Å²) in [7, 11) is -3.67. The topological polar surface area (TPSA) is 55.8 Å². The van der Waals surface area contributed by atoms with Crippen LogP contribution in [-0.2, 0) is 9.09 Å². The van der Waals surface area contributed by atoms with Gasteiger partial charge in [-0.3, -0.25) is 4.57 Å². The van der Waals surface area contributed by atoms with Crippen LogP contribution in [-0.4, -0.2) is 17.3 Å². The zero-order valence-corrected chi connectivity index (χ0v) is 11.3. The summed E-state index contributed by atoms with van der Waals surface area (Å²) in [5.74, 6) is 0.576. The number of hydrogen-bond donors (Lipinski definition) is 1. The molecular weight excluding hydrogens is 239 g/mol. The highest BCUT2D eigenvalue weighted by molar-refractivity contribution is 7.52. The first-order valence-electron chi connectivity index (χ1n) is 5.62. The van der Waals surface area contributed by atoms with Crippen LogP contribution in [0.5, 0.6) is 5.75 Å². The van der Waals surface area contributed by atoms with E-state index in [0.717, 1.165) is 5.56 Å². The highest BCUT2D eigenvalue weighted by Crippen LogP contribution is 2.43. The second-order valence-electron chi connectivity index (χ2n) is 4.05. The van der Waals surface area contributed by atoms with E-state index in [4.69, 9.17) is 9.26 Å². The van der Waals surface area contributed by atoms with Crippen molar-refractivity contribution in [2.75, 3.05) is 6.35 Å². The van der Waals surface area contributed by atoms with Crippen molar-refractivity contribution in [1.29, 1.82) is 0 Å². The predicted octanol–water partition coefficient (Wildman–Crippen LogP) is 3.33. The van der Waals surface area contributed by atoms with E-state index in [1.54, 1.807) is 13.0 Å². The number of aryl methyl sites for hydroxylation is 1. The molecule has 5 heteroatoms. The lowest BCUT2D eigenvalue weighted by Gasteiger charge is -2.17. The van der Waals surface area contributed by atoms with Crippen molar-refractivity contribution in [2.45, 2.75) is 33.3 Å². The largest absolute Gasteiger partial charge is 0.481 e. The fourth-order valence-corrected chi connectivity index (χ4v) is 2.33. The second-order valence-corrected chi connectivity index (χ2v) is 5.80. The van der Waals surface area contributed by atoms with E-state index in [2.05, 4.69) is 0 Å². The van der Waals surface area contributed by atoms with Gasteiger partial charge in [0.05, 0.1) is 6.10 Å². The van der Waals surface area contributed by atoms with Gasteiger partial charge in [0.25, 0.3) is 0 Å². The van der Waals surface area contributed by atoms with E-state index in [1.807, 2.05) is 32.0 Å². The number of rotatable bonds is 6. The van der Waals surface area contributed by atoms with Crippen LogP contribution in [0.1, 0.15) is 25.8 Å². The Hall–Kier alpha value is -0.830. The molecule has 0 aliphatic carbocycles. The molecule has 0 bridgehead atoms. The van der Waals surface area contributed by atoms with Gasteiger partial charge in [0, 0.05) is 0 Å². The first-order valence-corrected chi connectivity index (χ1v) is 7.39. The van der Waals surface area contributed by atoms with Crippen molar-refractivity contribution in [1.82, 2.24) is 0 Å². The summed E-state index contributed by atoms with van der Waals surface area (Å²) in [6, 6.07) is 7.32. The van der Waals surface area contributed by atoms with Crippen molar-refractivity contribution in [3.63, 3.8) is 0 Å². The summed E-state index contributed by atoms with van der Waals surface area (Å²) in [6.45, 7) is 5.59. The average Bonchev–Trinajstić information content (AvgIpc) is 2.26. The van der Waals surface area contributed by atoms with Crippen molar-refractivity contribution in [2.24, 2.45) is 0 Å². The van der Waals surface area contributed by atoms with Gasteiger partial charge >= 0.3 is 7.60 Å². The molecule has 0 fully saturated rings. The molecule has 2 atom stereocenters. The minimum absolute atomic E-state index is 0.244. The minimum atomic E-state index is -3.67. The Morgan fingerprint density at radius 2 is 2.18 bits per heavy atom. The van der Waals surface area contributed by atoms with E-state index in [1.165, 1.54) is 0 Å². The molecule has 96 valence electrons. The highest BCUT2D eigenvalue weighted by Gasteiger charge is 2.23. The Labute approximate surface area is 102 Å². The smallest absolute Gasteiger partial charge is 0.365 e. The summed E-state index contributed by atoms with van der Waals surface area (Å²) in [6.07, 6.45) is 0.127. The number of benzene rings is 1. The lowest BCUT2D eigenvalue weighted by atomic mass is 10.2. The molecule has 0 saturated heterocycles. The van der Waals surface area contributed by atoms with Gasteiger partial charge in [-0.25, -0.2) is 0 Å². The maximum Gasteiger partial charge on any atom is 0.365 e. The Balaban J connectivity index is 2.52. The van der Waals surface area contributed by atoms with Gasteiger partial charge < -0.3 is 14.2 Å². The van der Waals surface area contributed by atoms with Crippen LogP contribution in [0, 0.1) is 6.92 Å². The number of ether oxygens (including phenoxy) is 1. The summed E-state index contributed by atoms with van der Waals surface area (Å²) >= 11 is 0. The fourth-order valence-electron chi connectivity index (χ4n) is 1.25. The van der Waals surface area contributed by atoms with Crippen LogP contribution in [0.3, 0.4) is 0 Å². The molecule has 0 aliphatic heterocycles. The lowest BCUT2D eigenvalue weighted by Crippen LogP contribution is -2.09. The Kier molecular flexibility index (Phi) is 5.19. The zero-order valence-electron chi connectivity index (χ0n) is 10.4. The fraction of sp³-hybridized carbons (Fsp3) is 0.500. The van der Waals surface area contributed by atoms with Crippen LogP contribution in [0.2, 0.25) is 0 Å². The third kappa shape index (κ3) is 5.35. The Bertz CT molecular complexity index is 405. The van der Waals surface area contributed by atoms with Gasteiger partial charge in [-0.15, -0.1) is 0 Å². The Morgan fingerprint density at radius 3 is 2.76 bits per heavy atom. The lowest BCUT2D eigenvalue weighted by molar-refractivity contribution is 0.170. The standard InChI is InChI=1S/C12H19O4P/c1-4-11(3)16-17(13,14)9-15-12-7-5-6-10(2)8-12/h5-8,11H,4,9H2,1-3H3,(H,13,14). The molecule has 0 aliphatic rings. The molecule has 0 spiro atoms. The van der Waals surface area contributed by atoms with Crippen LogP contribution in [0.15, 0.2) is 24.3 Å². The molecule has 1 aromatic carbocycles. The van der Waals surface area contributed by atoms with Crippen molar-refractivity contribution < 1.29 is 18.7 Å². The normalized spacial score (nSPS) is 16.2. The van der Waals surface area contributed by atoms with E-state index in [0.29, 0.717) is 12.2 Å². The molecular formula is C12H19O4P. The molecule has 1 aromatic rings. The second kappa shape index (κ2) is 6.20. The number of hydrogen-bond acceptors (Lipinski definition) is 3. The van der Waals surface area contributed by atoms with Gasteiger partial charge in [-0.2, -0.15) is 0 Å². The molecule has 1 rings (SSSR count). The average molecular weight is 258 g/mol. The van der Waals surface area contributed by atoms with Gasteiger partial charge in [-0.05, 0) is 38.0 Å². The van der Waals surface area contributed by atoms with E-state index < -0.39 is 7.60 Å². The maximum atomic E-state index is 11.6. The molecule has 2 unspecified atom stereocenters. The van der Waals surface area contributed by atoms with Crippen LogP contribution >= 0.6 is 7.60 Å². The van der Waals surface area contributed by atoms with E-state index in [9.17, 15) is 9.46 Å². The third-order valence-electron chi connectivity index (χ3n) is 2.30. The predicted molar refractivity (Wildman–Crippen MR) is 67.3 cm³/mol. The van der Waals surface area contributed by atoms with Crippen LogP contribution in [0.4, 0.5) is 0 Å². The summed E-state index contributed by atoms with van der Waals surface area (Å²) < 4.78 is 21.9. The molecule has 0 radical (unpaired) electrons. The molecule has 0 saturated carbocycles. The zero-order chi connectivity index (χ0) is 12.9. The third-order valence-corrected chi connectivity index (χ3v) is 3.45. The SMILES string of the molecule is CCC(C)OP(=O)(O)COc1cccc(C)c1. The summed E-state index contributed by atoms with van der Waals surface area (Å²) in [4.78, 5) is 9.55.